The highest BCUT2D eigenvalue weighted by atomic mass is 32.2. The molecule has 2 aromatic carbocycles. The van der Waals surface area contributed by atoms with Crippen molar-refractivity contribution >= 4 is 63.1 Å². The molecule has 2 aliphatic heterocycles. The number of hydrogen-bond acceptors (Lipinski definition) is 12. The zero-order valence-corrected chi connectivity index (χ0v) is 25.7. The Morgan fingerprint density at radius 3 is 2.41 bits per heavy atom. The van der Waals surface area contributed by atoms with E-state index in [0.717, 1.165) is 32.9 Å². The second kappa shape index (κ2) is 13.0. The molecule has 2 unspecified atom stereocenters. The number of β-lactam (4-membered cyclic amide) rings is 1. The maximum absolute atomic E-state index is 14.1. The van der Waals surface area contributed by atoms with E-state index in [9.17, 15) is 14.4 Å². The number of oxime groups is 1. The Labute approximate surface area is 264 Å². The number of nitrogens with zero attached hydrogens (tertiary/aromatic N) is 4. The van der Waals surface area contributed by atoms with Gasteiger partial charge in [0.05, 0.1) is 5.51 Å². The van der Waals surface area contributed by atoms with Crippen LogP contribution in [-0.4, -0.2) is 62.6 Å². The van der Waals surface area contributed by atoms with Crippen LogP contribution in [-0.2, 0) is 30.4 Å². The number of benzene rings is 2. The largest absolute Gasteiger partial charge is 0.448 e. The van der Waals surface area contributed by atoms with Gasteiger partial charge < -0.3 is 20.6 Å². The third-order valence-electron chi connectivity index (χ3n) is 6.99. The third kappa shape index (κ3) is 5.96. The number of nitrogens with one attached hydrogen (secondary N) is 1. The molecule has 4 heterocycles. The molecule has 0 saturated carbocycles. The van der Waals surface area contributed by atoms with Gasteiger partial charge in [0.15, 0.2) is 16.9 Å². The summed E-state index contributed by atoms with van der Waals surface area (Å²) in [6, 6.07) is 18.0. The second-order valence-corrected chi connectivity index (χ2v) is 12.7. The minimum Gasteiger partial charge on any atom is -0.448 e. The van der Waals surface area contributed by atoms with E-state index in [1.54, 1.807) is 17.1 Å². The van der Waals surface area contributed by atoms with Crippen LogP contribution in [0, 0.1) is 0 Å². The highest BCUT2D eigenvalue weighted by Crippen LogP contribution is 2.42. The Kier molecular flexibility index (Phi) is 8.72. The van der Waals surface area contributed by atoms with Crippen molar-refractivity contribution in [2.75, 3.05) is 18.6 Å². The van der Waals surface area contributed by atoms with Crippen molar-refractivity contribution in [3.05, 3.63) is 111 Å². The lowest BCUT2D eigenvalue weighted by molar-refractivity contribution is -0.154. The fraction of sp³-hybridized carbons (Fsp3) is 0.200. The molecule has 1 saturated heterocycles. The molecule has 44 heavy (non-hydrogen) atoms. The number of nitrogens with two attached hydrogens (primary N) is 1. The van der Waals surface area contributed by atoms with Gasteiger partial charge in [-0.1, -0.05) is 65.8 Å². The van der Waals surface area contributed by atoms with Crippen LogP contribution in [0.5, 0.6) is 0 Å². The second-order valence-electron chi connectivity index (χ2n) is 9.76. The van der Waals surface area contributed by atoms with Crippen molar-refractivity contribution in [3.63, 3.8) is 0 Å². The van der Waals surface area contributed by atoms with Gasteiger partial charge in [-0.2, -0.15) is 0 Å². The molecule has 0 bridgehead atoms. The molecule has 2 aromatic heterocycles. The Morgan fingerprint density at radius 1 is 1.11 bits per heavy atom. The summed E-state index contributed by atoms with van der Waals surface area (Å²) >= 11 is 4.08. The first kappa shape index (κ1) is 29.5. The predicted octanol–water partition coefficient (Wildman–Crippen LogP) is 3.76. The van der Waals surface area contributed by atoms with Gasteiger partial charge in [-0.15, -0.1) is 34.4 Å². The summed E-state index contributed by atoms with van der Waals surface area (Å²) in [5, 5.41) is 7.87. The number of thioether (sulfide) groups is 1. The molecular formula is C30H26N6O5S3. The summed E-state index contributed by atoms with van der Waals surface area (Å²) in [5.74, 6) is -1.25. The average Bonchev–Trinajstić information content (AvgIpc) is 3.73. The number of hydrogen-bond donors (Lipinski definition) is 2. The Balaban J connectivity index is 1.29. The van der Waals surface area contributed by atoms with Crippen LogP contribution in [0.1, 0.15) is 27.8 Å². The highest BCUT2D eigenvalue weighted by Gasteiger charge is 2.55. The Bertz CT molecular complexity index is 1690. The lowest BCUT2D eigenvalue weighted by Crippen LogP contribution is -2.71. The molecule has 6 rings (SSSR count). The minimum absolute atomic E-state index is 0.109. The lowest BCUT2D eigenvalue weighted by Gasteiger charge is -2.49. The maximum Gasteiger partial charge on any atom is 0.356 e. The van der Waals surface area contributed by atoms with Gasteiger partial charge in [0.1, 0.15) is 29.9 Å². The quantitative estimate of drug-likeness (QED) is 0.114. The maximum atomic E-state index is 14.1. The van der Waals surface area contributed by atoms with Gasteiger partial charge in [0.25, 0.3) is 11.8 Å². The normalized spacial score (nSPS) is 18.1. The number of aromatic nitrogens is 2. The molecule has 11 nitrogen and oxygen atoms in total. The number of carbonyl (C=O) groups excluding carboxylic acids is 3. The van der Waals surface area contributed by atoms with Gasteiger partial charge >= 0.3 is 5.97 Å². The molecule has 2 atom stereocenters. The van der Waals surface area contributed by atoms with E-state index in [2.05, 4.69) is 20.4 Å². The summed E-state index contributed by atoms with van der Waals surface area (Å²) < 4.78 is 6.21. The van der Waals surface area contributed by atoms with E-state index in [-0.39, 0.29) is 22.2 Å². The summed E-state index contributed by atoms with van der Waals surface area (Å²) in [6.45, 7) is 0. The van der Waals surface area contributed by atoms with E-state index >= 15 is 0 Å². The van der Waals surface area contributed by atoms with Crippen LogP contribution in [0.25, 0.3) is 0 Å². The number of carbonyl (C=O) groups is 3. The summed E-state index contributed by atoms with van der Waals surface area (Å²) in [5.41, 5.74) is 10.1. The van der Waals surface area contributed by atoms with Crippen LogP contribution < -0.4 is 11.1 Å². The first-order chi connectivity index (χ1) is 21.4. The van der Waals surface area contributed by atoms with Gasteiger partial charge in [-0.05, 0) is 16.7 Å². The topological polar surface area (TPSA) is 149 Å². The van der Waals surface area contributed by atoms with Crippen molar-refractivity contribution in [1.29, 1.82) is 0 Å². The van der Waals surface area contributed by atoms with Crippen molar-refractivity contribution in [2.24, 2.45) is 5.16 Å². The molecule has 224 valence electrons. The van der Waals surface area contributed by atoms with Crippen molar-refractivity contribution in [3.8, 4) is 0 Å². The number of amides is 2. The van der Waals surface area contributed by atoms with Crippen LogP contribution in [0.15, 0.2) is 94.2 Å². The number of anilines is 1. The number of nitrogen functional groups attached to an aromatic ring is 1. The Hall–Kier alpha value is -4.53. The first-order valence-electron chi connectivity index (χ1n) is 13.4. The van der Waals surface area contributed by atoms with E-state index < -0.39 is 35.3 Å². The number of fused-ring (bicyclic) bond motifs is 1. The molecule has 0 aliphatic carbocycles. The lowest BCUT2D eigenvalue weighted by atomic mass is 9.99. The summed E-state index contributed by atoms with van der Waals surface area (Å²) in [6.07, 6.45) is 1.49. The molecule has 0 spiro atoms. The molecular weight excluding hydrogens is 621 g/mol. The van der Waals surface area contributed by atoms with Crippen LogP contribution in [0.4, 0.5) is 5.13 Å². The first-order valence-corrected chi connectivity index (χ1v) is 16.2. The number of ether oxygens (including phenoxy) is 1. The zero-order valence-electron chi connectivity index (χ0n) is 23.3. The monoisotopic (exact) mass is 646 g/mol. The Morgan fingerprint density at radius 2 is 1.82 bits per heavy atom. The predicted molar refractivity (Wildman–Crippen MR) is 169 cm³/mol. The van der Waals surface area contributed by atoms with Gasteiger partial charge in [-0.3, -0.25) is 19.5 Å². The number of thiazole rings is 2. The fourth-order valence-corrected chi connectivity index (χ4v) is 7.53. The van der Waals surface area contributed by atoms with Gasteiger partial charge in [0, 0.05) is 28.6 Å². The molecule has 3 N–H and O–H groups in total. The third-order valence-corrected chi connectivity index (χ3v) is 9.78. The average molecular weight is 647 g/mol. The molecule has 14 heteroatoms. The van der Waals surface area contributed by atoms with Crippen molar-refractivity contribution < 1.29 is 24.0 Å². The molecule has 4 aromatic rings. The van der Waals surface area contributed by atoms with Crippen LogP contribution in [0.3, 0.4) is 0 Å². The smallest absolute Gasteiger partial charge is 0.356 e. The molecule has 2 amide bonds. The molecule has 2 aliphatic rings. The van der Waals surface area contributed by atoms with Gasteiger partial charge in [-0.25, -0.2) is 9.78 Å². The highest BCUT2D eigenvalue weighted by molar-refractivity contribution is 8.00. The van der Waals surface area contributed by atoms with E-state index in [1.165, 1.54) is 35.1 Å². The number of rotatable bonds is 10. The summed E-state index contributed by atoms with van der Waals surface area (Å²) in [7, 11) is 1.31. The van der Waals surface area contributed by atoms with Gasteiger partial charge in [0.2, 0.25) is 0 Å². The minimum atomic E-state index is -0.905. The molecule has 0 radical (unpaired) electrons. The molecule has 1 fully saturated rings. The zero-order chi connectivity index (χ0) is 30.6. The SMILES string of the molecule is CO/N=C(\C(=O)NC1C(=O)N2C(C(=O)OC(c3ccccc3)c3ccccc3)=C(Cc3cncs3)CSC12)c1csc(N)n1. The van der Waals surface area contributed by atoms with E-state index in [0.29, 0.717) is 12.2 Å². The van der Waals surface area contributed by atoms with Crippen LogP contribution >= 0.6 is 34.4 Å². The summed E-state index contributed by atoms with van der Waals surface area (Å²) in [4.78, 5) is 56.5. The van der Waals surface area contributed by atoms with E-state index in [4.69, 9.17) is 15.3 Å². The van der Waals surface area contributed by atoms with E-state index in [1.807, 2.05) is 60.7 Å². The van der Waals surface area contributed by atoms with Crippen LogP contribution in [0.2, 0.25) is 0 Å². The fourth-order valence-electron chi connectivity index (χ4n) is 5.00. The standard InChI is InChI=1S/C30H26N6O5S3/c1-40-35-22(21-15-43-30(31)33-21)26(37)34-23-27(38)36-24(19(14-42-28(23)36)12-20-13-32-16-44-20)29(39)41-25(17-8-4-2-5-9-17)18-10-6-3-7-11-18/h2-11,13,15-16,23,25,28H,12,14H2,1H3,(H2,31,33)(H,34,37)/b35-22-. The van der Waals surface area contributed by atoms with Crippen molar-refractivity contribution in [1.82, 2.24) is 20.2 Å². The number of esters is 1. The van der Waals surface area contributed by atoms with Crippen molar-refractivity contribution in [2.45, 2.75) is 23.9 Å².